The van der Waals surface area contributed by atoms with E-state index < -0.39 is 17.4 Å². The molecule has 0 spiro atoms. The minimum atomic E-state index is -1.02. The molecule has 0 aromatic carbocycles. The van der Waals surface area contributed by atoms with Gasteiger partial charge in [-0.25, -0.2) is 4.68 Å². The first kappa shape index (κ1) is 16.8. The molecule has 2 N–H and O–H groups in total. The molecule has 1 aromatic rings. The number of carbonyl (C=O) groups excluding carboxylic acids is 1. The maximum Gasteiger partial charge on any atom is 0.305 e. The van der Waals surface area contributed by atoms with Gasteiger partial charge in [-0.3, -0.25) is 14.4 Å². The van der Waals surface area contributed by atoms with Crippen molar-refractivity contribution >= 4 is 11.9 Å². The highest BCUT2D eigenvalue weighted by Crippen LogP contribution is 2.09. The molecule has 0 fully saturated rings. The van der Waals surface area contributed by atoms with Gasteiger partial charge >= 0.3 is 5.97 Å². The van der Waals surface area contributed by atoms with Gasteiger partial charge in [0, 0.05) is 18.7 Å². The third-order valence-corrected chi connectivity index (χ3v) is 2.65. The molecule has 0 saturated carbocycles. The number of aromatic nitrogens is 2. The van der Waals surface area contributed by atoms with Crippen LogP contribution in [0.25, 0.3) is 0 Å². The maximum absolute atomic E-state index is 12.1. The number of nitrogens with zero attached hydrogens (tertiary/aromatic N) is 2. The molecule has 1 amide bonds. The van der Waals surface area contributed by atoms with E-state index in [2.05, 4.69) is 10.4 Å². The Morgan fingerprint density at radius 2 is 2.10 bits per heavy atom. The highest BCUT2D eigenvalue weighted by atomic mass is 16.5. The second-order valence-electron chi connectivity index (χ2n) is 5.18. The smallest absolute Gasteiger partial charge is 0.305 e. The molecule has 0 aliphatic rings. The zero-order chi connectivity index (χ0) is 16.0. The zero-order valence-corrected chi connectivity index (χ0v) is 12.3. The number of methoxy groups -OCH3 is 1. The molecule has 0 aliphatic carbocycles. The molecule has 1 aromatic heterocycles. The number of aliphatic carboxylic acids is 1. The first-order valence-electron chi connectivity index (χ1n) is 6.36. The van der Waals surface area contributed by atoms with Crippen molar-refractivity contribution in [1.82, 2.24) is 15.1 Å². The lowest BCUT2D eigenvalue weighted by atomic mass is 10.0. The molecular formula is C13H19N3O5. The summed E-state index contributed by atoms with van der Waals surface area (Å²) in [5.41, 5.74) is -1.21. The van der Waals surface area contributed by atoms with Crippen LogP contribution in [0.3, 0.4) is 0 Å². The van der Waals surface area contributed by atoms with E-state index in [4.69, 9.17) is 9.84 Å². The summed E-state index contributed by atoms with van der Waals surface area (Å²) in [5, 5.41) is 15.3. The van der Waals surface area contributed by atoms with E-state index in [-0.39, 0.29) is 24.2 Å². The Bertz CT molecular complexity index is 579. The summed E-state index contributed by atoms with van der Waals surface area (Å²) >= 11 is 0. The lowest BCUT2D eigenvalue weighted by molar-refractivity contribution is -0.138. The Morgan fingerprint density at radius 1 is 1.43 bits per heavy atom. The van der Waals surface area contributed by atoms with Crippen LogP contribution in [0.2, 0.25) is 0 Å². The molecule has 0 unspecified atom stereocenters. The van der Waals surface area contributed by atoms with Crippen molar-refractivity contribution in [2.75, 3.05) is 13.7 Å². The van der Waals surface area contributed by atoms with Gasteiger partial charge in [-0.1, -0.05) is 0 Å². The van der Waals surface area contributed by atoms with Gasteiger partial charge in [0.15, 0.2) is 0 Å². The Morgan fingerprint density at radius 3 is 2.67 bits per heavy atom. The van der Waals surface area contributed by atoms with Crippen molar-refractivity contribution in [3.63, 3.8) is 0 Å². The van der Waals surface area contributed by atoms with E-state index in [0.717, 1.165) is 4.68 Å². The number of carboxylic acids is 1. The van der Waals surface area contributed by atoms with Gasteiger partial charge < -0.3 is 15.2 Å². The third kappa shape index (κ3) is 5.35. The van der Waals surface area contributed by atoms with E-state index in [1.165, 1.54) is 19.2 Å². The molecule has 1 heterocycles. The molecule has 0 atom stereocenters. The van der Waals surface area contributed by atoms with Crippen LogP contribution >= 0.6 is 0 Å². The van der Waals surface area contributed by atoms with Crippen molar-refractivity contribution in [3.8, 4) is 0 Å². The standard InChI is InChI=1S/C13H19N3O5/c1-13(2,8-11(18)19)14-12(20)9-4-5-10(17)16(15-9)6-7-21-3/h4-5H,6-8H2,1-3H3,(H,14,20)(H,18,19). The quantitative estimate of drug-likeness (QED) is 0.725. The Labute approximate surface area is 121 Å². The van der Waals surface area contributed by atoms with Gasteiger partial charge in [-0.15, -0.1) is 0 Å². The van der Waals surface area contributed by atoms with Crippen LogP contribution in [0, 0.1) is 0 Å². The van der Waals surface area contributed by atoms with Crippen molar-refractivity contribution in [1.29, 1.82) is 0 Å². The first-order chi connectivity index (χ1) is 9.75. The minimum absolute atomic E-state index is 0.0455. The molecule has 1 rings (SSSR count). The SMILES string of the molecule is COCCn1nc(C(=O)NC(C)(C)CC(=O)O)ccc1=O. The molecule has 0 bridgehead atoms. The van der Waals surface area contributed by atoms with E-state index in [9.17, 15) is 14.4 Å². The van der Waals surface area contributed by atoms with E-state index in [1.807, 2.05) is 0 Å². The predicted molar refractivity (Wildman–Crippen MR) is 74.2 cm³/mol. The van der Waals surface area contributed by atoms with E-state index in [0.29, 0.717) is 6.61 Å². The molecule has 0 radical (unpaired) electrons. The van der Waals surface area contributed by atoms with Gasteiger partial charge in [-0.05, 0) is 19.9 Å². The van der Waals surface area contributed by atoms with E-state index >= 15 is 0 Å². The van der Waals surface area contributed by atoms with Gasteiger partial charge in [0.1, 0.15) is 5.69 Å². The predicted octanol–water partition coefficient (Wildman–Crippen LogP) is -0.127. The van der Waals surface area contributed by atoms with Gasteiger partial charge in [-0.2, -0.15) is 5.10 Å². The molecule has 0 aliphatic heterocycles. The Balaban J connectivity index is 2.87. The zero-order valence-electron chi connectivity index (χ0n) is 12.3. The number of ether oxygens (including phenoxy) is 1. The van der Waals surface area contributed by atoms with Crippen LogP contribution in [-0.2, 0) is 16.1 Å². The van der Waals surface area contributed by atoms with Crippen LogP contribution in [0.5, 0.6) is 0 Å². The number of nitrogens with one attached hydrogen (secondary N) is 1. The molecular weight excluding hydrogens is 278 g/mol. The van der Waals surface area contributed by atoms with Gasteiger partial charge in [0.05, 0.1) is 19.6 Å². The highest BCUT2D eigenvalue weighted by molar-refractivity contribution is 5.92. The van der Waals surface area contributed by atoms with Crippen LogP contribution in [0.4, 0.5) is 0 Å². The second-order valence-corrected chi connectivity index (χ2v) is 5.18. The number of rotatable bonds is 7. The van der Waals surface area contributed by atoms with Crippen LogP contribution in [-0.4, -0.2) is 46.0 Å². The number of hydrogen-bond donors (Lipinski definition) is 2. The average Bonchev–Trinajstić information content (AvgIpc) is 2.35. The summed E-state index contributed by atoms with van der Waals surface area (Å²) in [6, 6.07) is 2.54. The monoisotopic (exact) mass is 297 g/mol. The molecule has 0 saturated heterocycles. The fraction of sp³-hybridized carbons (Fsp3) is 0.538. The Hall–Kier alpha value is -2.22. The number of carbonyl (C=O) groups is 2. The highest BCUT2D eigenvalue weighted by Gasteiger charge is 2.25. The molecule has 21 heavy (non-hydrogen) atoms. The summed E-state index contributed by atoms with van der Waals surface area (Å²) in [5.74, 6) is -1.55. The molecule has 8 heteroatoms. The van der Waals surface area contributed by atoms with Gasteiger partial charge in [0.25, 0.3) is 11.5 Å². The molecule has 116 valence electrons. The van der Waals surface area contributed by atoms with Crippen molar-refractivity contribution in [2.45, 2.75) is 32.4 Å². The number of amides is 1. The topological polar surface area (TPSA) is 111 Å². The van der Waals surface area contributed by atoms with E-state index in [1.54, 1.807) is 13.8 Å². The van der Waals surface area contributed by atoms with Crippen molar-refractivity contribution < 1.29 is 19.4 Å². The lowest BCUT2D eigenvalue weighted by Gasteiger charge is -2.24. The number of carboxylic acid groups (broad SMARTS) is 1. The van der Waals surface area contributed by atoms with Crippen LogP contribution < -0.4 is 10.9 Å². The van der Waals surface area contributed by atoms with Crippen LogP contribution in [0.15, 0.2) is 16.9 Å². The van der Waals surface area contributed by atoms with Crippen LogP contribution in [0.1, 0.15) is 30.8 Å². The second kappa shape index (κ2) is 6.98. The summed E-state index contributed by atoms with van der Waals surface area (Å²) < 4.78 is 5.99. The Kier molecular flexibility index (Phi) is 5.60. The largest absolute Gasteiger partial charge is 0.481 e. The number of hydrogen-bond acceptors (Lipinski definition) is 5. The normalized spacial score (nSPS) is 11.2. The summed E-state index contributed by atoms with van der Waals surface area (Å²) in [6.07, 6.45) is -0.220. The minimum Gasteiger partial charge on any atom is -0.481 e. The summed E-state index contributed by atoms with van der Waals surface area (Å²) in [7, 11) is 1.50. The van der Waals surface area contributed by atoms with Crippen molar-refractivity contribution in [2.24, 2.45) is 0 Å². The van der Waals surface area contributed by atoms with Gasteiger partial charge in [0.2, 0.25) is 0 Å². The lowest BCUT2D eigenvalue weighted by Crippen LogP contribution is -2.45. The third-order valence-electron chi connectivity index (χ3n) is 2.65. The van der Waals surface area contributed by atoms with Crippen molar-refractivity contribution in [3.05, 3.63) is 28.2 Å². The maximum atomic E-state index is 12.1. The fourth-order valence-electron chi connectivity index (χ4n) is 1.70. The first-order valence-corrected chi connectivity index (χ1v) is 6.36. The molecule has 8 nitrogen and oxygen atoms in total. The summed E-state index contributed by atoms with van der Waals surface area (Å²) in [4.78, 5) is 34.4. The summed E-state index contributed by atoms with van der Waals surface area (Å²) in [6.45, 7) is 3.72. The average molecular weight is 297 g/mol. The fourth-order valence-corrected chi connectivity index (χ4v) is 1.70.